The van der Waals surface area contributed by atoms with Crippen LogP contribution in [0, 0.1) is 24.6 Å². The topological polar surface area (TPSA) is 26.0 Å². The molecule has 2 N–H and O–H groups in total. The van der Waals surface area contributed by atoms with Crippen molar-refractivity contribution < 1.29 is 4.39 Å². The van der Waals surface area contributed by atoms with Crippen molar-refractivity contribution in [3.8, 4) is 23.0 Å². The lowest BCUT2D eigenvalue weighted by molar-refractivity contribution is 0.631. The molecule has 1 nitrogen and oxygen atoms in total. The third-order valence-electron chi connectivity index (χ3n) is 4.68. The molecule has 0 bridgehead atoms. The van der Waals surface area contributed by atoms with Gasteiger partial charge in [-0.1, -0.05) is 61.6 Å². The van der Waals surface area contributed by atoms with Crippen LogP contribution in [0.4, 0.5) is 10.1 Å². The number of nitrogens with two attached hydrogens (primary N) is 1. The number of rotatable bonds is 4. The average Bonchev–Trinajstić information content (AvgIpc) is 2.69. The minimum atomic E-state index is -0.419. The summed E-state index contributed by atoms with van der Waals surface area (Å²) in [6.07, 6.45) is 3.58. The molecule has 2 heteroatoms. The highest BCUT2D eigenvalue weighted by molar-refractivity contribution is 5.65. The fourth-order valence-electron chi connectivity index (χ4n) is 2.96. The monoisotopic (exact) mass is 357 g/mol. The van der Waals surface area contributed by atoms with Gasteiger partial charge in [0.05, 0.1) is 5.69 Å². The van der Waals surface area contributed by atoms with Gasteiger partial charge in [-0.2, -0.15) is 0 Å². The SMILES string of the molecule is CCCCc1ccc(-c2ccc(C#Cc3cc(C)c(N)c(F)c3)cc2)cc1. The van der Waals surface area contributed by atoms with Crippen LogP contribution in [0.15, 0.2) is 60.7 Å². The van der Waals surface area contributed by atoms with Gasteiger partial charge in [0.25, 0.3) is 0 Å². The molecule has 0 unspecified atom stereocenters. The molecule has 0 aromatic heterocycles. The van der Waals surface area contributed by atoms with Crippen molar-refractivity contribution in [2.75, 3.05) is 5.73 Å². The van der Waals surface area contributed by atoms with Crippen LogP contribution in [-0.4, -0.2) is 0 Å². The van der Waals surface area contributed by atoms with E-state index in [0.717, 1.165) is 17.5 Å². The van der Waals surface area contributed by atoms with Crippen LogP contribution in [0.2, 0.25) is 0 Å². The van der Waals surface area contributed by atoms with Crippen LogP contribution in [0.25, 0.3) is 11.1 Å². The molecule has 0 radical (unpaired) electrons. The first-order valence-electron chi connectivity index (χ1n) is 9.34. The van der Waals surface area contributed by atoms with E-state index in [-0.39, 0.29) is 5.69 Å². The van der Waals surface area contributed by atoms with Crippen LogP contribution in [0.3, 0.4) is 0 Å². The van der Waals surface area contributed by atoms with E-state index in [0.29, 0.717) is 11.1 Å². The Bertz CT molecular complexity index is 951. The normalized spacial score (nSPS) is 10.3. The molecule has 3 rings (SSSR count). The van der Waals surface area contributed by atoms with Crippen LogP contribution in [0.1, 0.15) is 42.0 Å². The van der Waals surface area contributed by atoms with Gasteiger partial charge in [-0.15, -0.1) is 0 Å². The molecular formula is C25H24FN. The highest BCUT2D eigenvalue weighted by Crippen LogP contribution is 2.21. The first-order chi connectivity index (χ1) is 13.1. The lowest BCUT2D eigenvalue weighted by Gasteiger charge is -2.04. The summed E-state index contributed by atoms with van der Waals surface area (Å²) >= 11 is 0. The second-order valence-corrected chi connectivity index (χ2v) is 6.82. The van der Waals surface area contributed by atoms with E-state index in [4.69, 9.17) is 5.73 Å². The molecule has 0 aliphatic rings. The highest BCUT2D eigenvalue weighted by Gasteiger charge is 2.03. The summed E-state index contributed by atoms with van der Waals surface area (Å²) in [6.45, 7) is 4.00. The van der Waals surface area contributed by atoms with Gasteiger partial charge in [0.1, 0.15) is 5.82 Å². The van der Waals surface area contributed by atoms with E-state index in [1.54, 1.807) is 13.0 Å². The van der Waals surface area contributed by atoms with Gasteiger partial charge >= 0.3 is 0 Å². The van der Waals surface area contributed by atoms with E-state index in [1.165, 1.54) is 30.0 Å². The van der Waals surface area contributed by atoms with Crippen molar-refractivity contribution in [2.24, 2.45) is 0 Å². The first-order valence-corrected chi connectivity index (χ1v) is 9.34. The Hall–Kier alpha value is -3.05. The maximum atomic E-state index is 13.7. The lowest BCUT2D eigenvalue weighted by Crippen LogP contribution is -1.95. The number of nitrogen functional groups attached to an aromatic ring is 1. The fourth-order valence-corrected chi connectivity index (χ4v) is 2.96. The number of halogens is 1. The molecule has 0 fully saturated rings. The Morgan fingerprint density at radius 3 is 2.04 bits per heavy atom. The van der Waals surface area contributed by atoms with Crippen molar-refractivity contribution in [3.05, 3.63) is 88.7 Å². The van der Waals surface area contributed by atoms with Gasteiger partial charge in [-0.05, 0) is 66.3 Å². The van der Waals surface area contributed by atoms with E-state index in [2.05, 4.69) is 55.2 Å². The van der Waals surface area contributed by atoms with Gasteiger partial charge < -0.3 is 5.73 Å². The molecule has 3 aromatic rings. The summed E-state index contributed by atoms with van der Waals surface area (Å²) in [4.78, 5) is 0. The number of unbranched alkanes of at least 4 members (excludes halogenated alkanes) is 1. The van der Waals surface area contributed by atoms with Crippen molar-refractivity contribution in [1.82, 2.24) is 0 Å². The van der Waals surface area contributed by atoms with Crippen LogP contribution in [0.5, 0.6) is 0 Å². The van der Waals surface area contributed by atoms with Crippen molar-refractivity contribution in [3.63, 3.8) is 0 Å². The standard InChI is InChI=1S/C25H24FN/c1-3-4-5-19-8-12-22(13-9-19)23-14-10-20(11-15-23)6-7-21-16-18(2)25(27)24(26)17-21/h8-17H,3-5,27H2,1-2H3. The molecule has 0 aliphatic carbocycles. The average molecular weight is 357 g/mol. The van der Waals surface area contributed by atoms with E-state index >= 15 is 0 Å². The molecule has 27 heavy (non-hydrogen) atoms. The Balaban J connectivity index is 1.74. The van der Waals surface area contributed by atoms with Gasteiger partial charge in [-0.3, -0.25) is 0 Å². The second-order valence-electron chi connectivity index (χ2n) is 6.82. The van der Waals surface area contributed by atoms with Crippen LogP contribution in [-0.2, 0) is 6.42 Å². The number of hydrogen-bond donors (Lipinski definition) is 1. The predicted molar refractivity (Wildman–Crippen MR) is 112 cm³/mol. The van der Waals surface area contributed by atoms with Gasteiger partial charge in [0, 0.05) is 11.1 Å². The third-order valence-corrected chi connectivity index (χ3v) is 4.68. The Morgan fingerprint density at radius 2 is 1.44 bits per heavy atom. The van der Waals surface area contributed by atoms with Gasteiger partial charge in [0.2, 0.25) is 0 Å². The van der Waals surface area contributed by atoms with Crippen molar-refractivity contribution in [1.29, 1.82) is 0 Å². The zero-order valence-corrected chi connectivity index (χ0v) is 15.9. The van der Waals surface area contributed by atoms with E-state index in [1.807, 2.05) is 12.1 Å². The molecule has 0 aliphatic heterocycles. The molecule has 0 amide bonds. The minimum Gasteiger partial charge on any atom is -0.396 e. The predicted octanol–water partition coefficient (Wildman–Crippen LogP) is 6.13. The largest absolute Gasteiger partial charge is 0.396 e. The first kappa shape index (κ1) is 18.7. The molecule has 0 saturated heterocycles. The quantitative estimate of drug-likeness (QED) is 0.441. The fraction of sp³-hybridized carbons (Fsp3) is 0.200. The molecule has 0 atom stereocenters. The lowest BCUT2D eigenvalue weighted by atomic mass is 10.0. The van der Waals surface area contributed by atoms with E-state index in [9.17, 15) is 4.39 Å². The minimum absolute atomic E-state index is 0.186. The summed E-state index contributed by atoms with van der Waals surface area (Å²) < 4.78 is 13.7. The Morgan fingerprint density at radius 1 is 0.852 bits per heavy atom. The van der Waals surface area contributed by atoms with Crippen molar-refractivity contribution in [2.45, 2.75) is 33.1 Å². The summed E-state index contributed by atoms with van der Waals surface area (Å²) in [6, 6.07) is 20.1. The van der Waals surface area contributed by atoms with Crippen LogP contribution < -0.4 is 5.73 Å². The smallest absolute Gasteiger partial charge is 0.147 e. The Labute approximate surface area is 161 Å². The number of aryl methyl sites for hydroxylation is 2. The summed E-state index contributed by atoms with van der Waals surface area (Å²) in [7, 11) is 0. The Kier molecular flexibility index (Phi) is 5.94. The van der Waals surface area contributed by atoms with Gasteiger partial charge in [-0.25, -0.2) is 4.39 Å². The van der Waals surface area contributed by atoms with Crippen molar-refractivity contribution >= 4 is 5.69 Å². The number of hydrogen-bond acceptors (Lipinski definition) is 1. The highest BCUT2D eigenvalue weighted by atomic mass is 19.1. The summed E-state index contributed by atoms with van der Waals surface area (Å²) in [5.74, 6) is 5.68. The zero-order chi connectivity index (χ0) is 19.2. The molecule has 136 valence electrons. The van der Waals surface area contributed by atoms with E-state index < -0.39 is 5.82 Å². The third kappa shape index (κ3) is 4.77. The molecule has 3 aromatic carbocycles. The molecule has 0 spiro atoms. The summed E-state index contributed by atoms with van der Waals surface area (Å²) in [5.41, 5.74) is 11.8. The maximum absolute atomic E-state index is 13.7. The number of benzene rings is 3. The number of anilines is 1. The molecule has 0 heterocycles. The zero-order valence-electron chi connectivity index (χ0n) is 15.9. The molecule has 0 saturated carbocycles. The van der Waals surface area contributed by atoms with Gasteiger partial charge in [0.15, 0.2) is 0 Å². The maximum Gasteiger partial charge on any atom is 0.147 e. The second kappa shape index (κ2) is 8.56. The van der Waals surface area contributed by atoms with Crippen LogP contribution >= 0.6 is 0 Å². The summed E-state index contributed by atoms with van der Waals surface area (Å²) in [5, 5.41) is 0. The molecular weight excluding hydrogens is 333 g/mol.